The summed E-state index contributed by atoms with van der Waals surface area (Å²) in [6.07, 6.45) is 4.90. The minimum absolute atomic E-state index is 0.0183. The molecule has 0 aliphatic carbocycles. The van der Waals surface area contributed by atoms with E-state index in [1.54, 1.807) is 18.3 Å². The lowest BCUT2D eigenvalue weighted by Crippen LogP contribution is -2.30. The second kappa shape index (κ2) is 7.72. The topological polar surface area (TPSA) is 55.3 Å². The van der Waals surface area contributed by atoms with Gasteiger partial charge in [0.1, 0.15) is 6.10 Å². The highest BCUT2D eigenvalue weighted by Gasteiger charge is 2.27. The van der Waals surface area contributed by atoms with E-state index in [0.717, 1.165) is 25.8 Å². The van der Waals surface area contributed by atoms with Crippen molar-refractivity contribution in [3.63, 3.8) is 0 Å². The van der Waals surface area contributed by atoms with Gasteiger partial charge in [-0.15, -0.1) is 5.10 Å². The van der Waals surface area contributed by atoms with E-state index in [1.807, 2.05) is 23.1 Å². The van der Waals surface area contributed by atoms with Crippen molar-refractivity contribution in [2.45, 2.75) is 31.8 Å². The van der Waals surface area contributed by atoms with Crippen molar-refractivity contribution in [1.82, 2.24) is 15.1 Å². The Labute approximate surface area is 136 Å². The van der Waals surface area contributed by atoms with Crippen molar-refractivity contribution in [2.24, 2.45) is 0 Å². The van der Waals surface area contributed by atoms with Crippen LogP contribution in [-0.4, -0.2) is 40.2 Å². The van der Waals surface area contributed by atoms with Gasteiger partial charge >= 0.3 is 0 Å². The van der Waals surface area contributed by atoms with Crippen LogP contribution in [0.15, 0.2) is 48.7 Å². The van der Waals surface area contributed by atoms with Gasteiger partial charge in [-0.25, -0.2) is 0 Å². The number of hydrogen-bond donors (Lipinski definition) is 0. The molecule has 0 spiro atoms. The summed E-state index contributed by atoms with van der Waals surface area (Å²) in [5.41, 5.74) is 1.28. The number of carbonyl (C=O) groups excluding carboxylic acids is 1. The first-order chi connectivity index (χ1) is 11.3. The third kappa shape index (κ3) is 4.52. The summed E-state index contributed by atoms with van der Waals surface area (Å²) >= 11 is 0. The lowest BCUT2D eigenvalue weighted by Gasteiger charge is -2.16. The van der Waals surface area contributed by atoms with Gasteiger partial charge in [-0.1, -0.05) is 30.3 Å². The number of benzene rings is 1. The van der Waals surface area contributed by atoms with Crippen molar-refractivity contribution >= 4 is 5.91 Å². The van der Waals surface area contributed by atoms with Crippen LogP contribution in [0.5, 0.6) is 5.88 Å². The average Bonchev–Trinajstić information content (AvgIpc) is 3.05. The molecule has 120 valence electrons. The number of likely N-dealkylation sites (tertiary alicyclic amines) is 1. The Kier molecular flexibility index (Phi) is 5.19. The predicted molar refractivity (Wildman–Crippen MR) is 87.0 cm³/mol. The first-order valence-electron chi connectivity index (χ1n) is 8.07. The predicted octanol–water partition coefficient (Wildman–Crippen LogP) is 2.48. The molecule has 1 fully saturated rings. The summed E-state index contributed by atoms with van der Waals surface area (Å²) < 4.78 is 5.76. The molecule has 1 unspecified atom stereocenters. The van der Waals surface area contributed by atoms with Gasteiger partial charge in [0.25, 0.3) is 0 Å². The first kappa shape index (κ1) is 15.5. The number of nitrogens with zero attached hydrogens (tertiary/aromatic N) is 3. The number of hydrogen-bond acceptors (Lipinski definition) is 4. The van der Waals surface area contributed by atoms with Gasteiger partial charge < -0.3 is 9.64 Å². The molecule has 1 aliphatic heterocycles. The third-order valence-electron chi connectivity index (χ3n) is 4.03. The zero-order valence-electron chi connectivity index (χ0n) is 13.1. The lowest BCUT2D eigenvalue weighted by atomic mass is 10.1. The second-order valence-corrected chi connectivity index (χ2v) is 5.77. The molecule has 5 heteroatoms. The molecule has 2 aromatic rings. The van der Waals surface area contributed by atoms with Crippen LogP contribution in [0.4, 0.5) is 0 Å². The maximum atomic E-state index is 12.3. The Morgan fingerprint density at radius 2 is 2.09 bits per heavy atom. The SMILES string of the molecule is O=C(CCCc1ccccc1)N1CCC(Oc2cccnn2)C1. The maximum absolute atomic E-state index is 12.3. The van der Waals surface area contributed by atoms with Crippen LogP contribution >= 0.6 is 0 Å². The van der Waals surface area contributed by atoms with Crippen molar-refractivity contribution in [1.29, 1.82) is 0 Å². The molecular formula is C18H21N3O2. The molecule has 1 aromatic carbocycles. The Balaban J connectivity index is 1.41. The Bertz CT molecular complexity index is 619. The Hall–Kier alpha value is -2.43. The first-order valence-corrected chi connectivity index (χ1v) is 8.07. The van der Waals surface area contributed by atoms with E-state index in [9.17, 15) is 4.79 Å². The Morgan fingerprint density at radius 1 is 1.22 bits per heavy atom. The maximum Gasteiger partial charge on any atom is 0.233 e. The van der Waals surface area contributed by atoms with Gasteiger partial charge in [0.2, 0.25) is 11.8 Å². The van der Waals surface area contributed by atoms with Crippen LogP contribution in [0.3, 0.4) is 0 Å². The van der Waals surface area contributed by atoms with E-state index in [-0.39, 0.29) is 12.0 Å². The highest BCUT2D eigenvalue weighted by atomic mass is 16.5. The molecule has 0 saturated carbocycles. The molecule has 1 amide bonds. The normalized spacial score (nSPS) is 17.2. The molecule has 1 aromatic heterocycles. The van der Waals surface area contributed by atoms with Crippen LogP contribution < -0.4 is 4.74 Å². The van der Waals surface area contributed by atoms with Crippen molar-refractivity contribution in [2.75, 3.05) is 13.1 Å². The summed E-state index contributed by atoms with van der Waals surface area (Å²) in [6, 6.07) is 13.9. The van der Waals surface area contributed by atoms with Crippen LogP contribution in [0.25, 0.3) is 0 Å². The summed E-state index contributed by atoms with van der Waals surface area (Å²) in [6.45, 7) is 1.40. The lowest BCUT2D eigenvalue weighted by molar-refractivity contribution is -0.130. The van der Waals surface area contributed by atoms with E-state index in [2.05, 4.69) is 22.3 Å². The number of rotatable bonds is 6. The third-order valence-corrected chi connectivity index (χ3v) is 4.03. The van der Waals surface area contributed by atoms with E-state index in [0.29, 0.717) is 18.8 Å². The molecule has 0 radical (unpaired) electrons. The Morgan fingerprint density at radius 3 is 2.87 bits per heavy atom. The number of aryl methyl sites for hydroxylation is 1. The fourth-order valence-electron chi connectivity index (χ4n) is 2.82. The van der Waals surface area contributed by atoms with Gasteiger partial charge in [0.05, 0.1) is 6.54 Å². The van der Waals surface area contributed by atoms with Crippen molar-refractivity contribution in [3.8, 4) is 5.88 Å². The molecule has 23 heavy (non-hydrogen) atoms. The summed E-state index contributed by atoms with van der Waals surface area (Å²) in [5.74, 6) is 0.738. The number of carbonyl (C=O) groups is 1. The molecule has 0 N–H and O–H groups in total. The van der Waals surface area contributed by atoms with Crippen LogP contribution in [0.2, 0.25) is 0 Å². The van der Waals surface area contributed by atoms with Crippen molar-refractivity contribution < 1.29 is 9.53 Å². The van der Waals surface area contributed by atoms with Gasteiger partial charge in [-0.05, 0) is 24.5 Å². The molecule has 5 nitrogen and oxygen atoms in total. The minimum Gasteiger partial charge on any atom is -0.471 e. The molecule has 1 aliphatic rings. The number of aromatic nitrogens is 2. The van der Waals surface area contributed by atoms with Gasteiger partial charge in [0.15, 0.2) is 0 Å². The minimum atomic E-state index is 0.0183. The summed E-state index contributed by atoms with van der Waals surface area (Å²) in [7, 11) is 0. The van der Waals surface area contributed by atoms with E-state index >= 15 is 0 Å². The highest BCUT2D eigenvalue weighted by Crippen LogP contribution is 2.17. The standard InChI is InChI=1S/C18H21N3O2/c22-18(10-4-8-15-6-2-1-3-7-15)21-13-11-16(14-21)23-17-9-5-12-19-20-17/h1-3,5-7,9,12,16H,4,8,10-11,13-14H2. The molecular weight excluding hydrogens is 290 g/mol. The number of ether oxygens (including phenoxy) is 1. The average molecular weight is 311 g/mol. The molecule has 0 bridgehead atoms. The summed E-state index contributed by atoms with van der Waals surface area (Å²) in [4.78, 5) is 14.2. The van der Waals surface area contributed by atoms with Crippen LogP contribution in [0, 0.1) is 0 Å². The van der Waals surface area contributed by atoms with E-state index < -0.39 is 0 Å². The highest BCUT2D eigenvalue weighted by molar-refractivity contribution is 5.76. The smallest absolute Gasteiger partial charge is 0.233 e. The van der Waals surface area contributed by atoms with E-state index in [1.165, 1.54) is 5.56 Å². The van der Waals surface area contributed by atoms with Crippen LogP contribution in [-0.2, 0) is 11.2 Å². The molecule has 1 saturated heterocycles. The van der Waals surface area contributed by atoms with Gasteiger partial charge in [-0.2, -0.15) is 5.10 Å². The second-order valence-electron chi connectivity index (χ2n) is 5.77. The fraction of sp³-hybridized carbons (Fsp3) is 0.389. The summed E-state index contributed by atoms with van der Waals surface area (Å²) in [5, 5.41) is 7.71. The zero-order chi connectivity index (χ0) is 15.9. The molecule has 3 rings (SSSR count). The fourth-order valence-corrected chi connectivity index (χ4v) is 2.82. The molecule has 1 atom stereocenters. The monoisotopic (exact) mass is 311 g/mol. The largest absolute Gasteiger partial charge is 0.471 e. The van der Waals surface area contributed by atoms with E-state index in [4.69, 9.17) is 4.74 Å². The molecule has 2 heterocycles. The van der Waals surface area contributed by atoms with Gasteiger partial charge in [-0.3, -0.25) is 4.79 Å². The van der Waals surface area contributed by atoms with Crippen LogP contribution in [0.1, 0.15) is 24.8 Å². The van der Waals surface area contributed by atoms with Gasteiger partial charge in [0, 0.05) is 31.6 Å². The number of amides is 1. The van der Waals surface area contributed by atoms with Crippen molar-refractivity contribution in [3.05, 3.63) is 54.2 Å². The quantitative estimate of drug-likeness (QED) is 0.822. The zero-order valence-corrected chi connectivity index (χ0v) is 13.1.